The zero-order chi connectivity index (χ0) is 20.3. The number of rotatable bonds is 6. The zero-order valence-electron chi connectivity index (χ0n) is 14.8. The van der Waals surface area contributed by atoms with Gasteiger partial charge in [-0.05, 0) is 0 Å². The average Bonchev–Trinajstić information content (AvgIpc) is 3.20. The number of alkyl carbamates (subject to hydrolysis) is 1. The highest BCUT2D eigenvalue weighted by Gasteiger charge is 2.44. The molecule has 3 heterocycles. The van der Waals surface area contributed by atoms with Crippen LogP contribution in [0.5, 0.6) is 0 Å². The minimum Gasteiger partial charge on any atom is -0.447 e. The number of amides is 2. The molecule has 4 atom stereocenters. The van der Waals surface area contributed by atoms with Crippen molar-refractivity contribution in [2.24, 2.45) is 0 Å². The predicted octanol–water partition coefficient (Wildman–Crippen LogP) is -1.88. The van der Waals surface area contributed by atoms with E-state index in [0.29, 0.717) is 17.0 Å². The number of aliphatic hydroxyl groups is 3. The van der Waals surface area contributed by atoms with E-state index in [1.807, 2.05) is 5.32 Å². The van der Waals surface area contributed by atoms with Crippen molar-refractivity contribution in [2.45, 2.75) is 31.5 Å². The number of imidazole rings is 1. The number of anilines is 1. The van der Waals surface area contributed by atoms with Gasteiger partial charge in [-0.3, -0.25) is 14.7 Å². The molecule has 1 fully saturated rings. The van der Waals surface area contributed by atoms with Crippen molar-refractivity contribution in [2.75, 3.05) is 25.1 Å². The first kappa shape index (κ1) is 19.9. The van der Waals surface area contributed by atoms with Crippen LogP contribution >= 0.6 is 0 Å². The molecule has 0 aromatic carbocycles. The van der Waals surface area contributed by atoms with Crippen LogP contribution in [0.15, 0.2) is 12.7 Å². The Morgan fingerprint density at radius 1 is 1.29 bits per heavy atom. The van der Waals surface area contributed by atoms with Crippen LogP contribution in [-0.4, -0.2) is 84.9 Å². The molecule has 0 spiro atoms. The van der Waals surface area contributed by atoms with Crippen LogP contribution in [0.2, 0.25) is 0 Å². The van der Waals surface area contributed by atoms with Gasteiger partial charge in [0.2, 0.25) is 5.91 Å². The summed E-state index contributed by atoms with van der Waals surface area (Å²) in [7, 11) is 0. The van der Waals surface area contributed by atoms with E-state index >= 15 is 0 Å². The quantitative estimate of drug-likeness (QED) is 0.345. The molecule has 2 aromatic rings. The standard InChI is InChI=1S/C15H20N6O7/c1-7(23)20-15(26)27-3-2-16-12-9-13(18-5-17-12)21(6-19-9)14-11(25)10(24)8(4-22)28-14/h5-6,8,10-11,14,22,24-25H,2-4H2,1H3,(H,16,17,18)(H,20,23,26). The zero-order valence-corrected chi connectivity index (χ0v) is 14.8. The number of carbonyl (C=O) groups excluding carboxylic acids is 2. The van der Waals surface area contributed by atoms with E-state index in [0.717, 1.165) is 0 Å². The fourth-order valence-electron chi connectivity index (χ4n) is 2.77. The molecular formula is C15H20N6O7. The maximum absolute atomic E-state index is 11.2. The molecule has 0 bridgehead atoms. The third-order valence-electron chi connectivity index (χ3n) is 4.06. The van der Waals surface area contributed by atoms with E-state index < -0.39 is 43.1 Å². The number of nitrogens with one attached hydrogen (secondary N) is 2. The summed E-state index contributed by atoms with van der Waals surface area (Å²) in [4.78, 5) is 34.4. The first-order valence-corrected chi connectivity index (χ1v) is 8.40. The Kier molecular flexibility index (Phi) is 5.99. The second-order valence-electron chi connectivity index (χ2n) is 6.02. The fourth-order valence-corrected chi connectivity index (χ4v) is 2.77. The van der Waals surface area contributed by atoms with Crippen LogP contribution < -0.4 is 10.6 Å². The van der Waals surface area contributed by atoms with E-state index in [1.54, 1.807) is 0 Å². The van der Waals surface area contributed by atoms with Crippen molar-refractivity contribution in [3.05, 3.63) is 12.7 Å². The first-order valence-electron chi connectivity index (χ1n) is 8.40. The normalized spacial score (nSPS) is 24.3. The van der Waals surface area contributed by atoms with E-state index in [9.17, 15) is 24.9 Å². The van der Waals surface area contributed by atoms with Gasteiger partial charge in [0, 0.05) is 6.92 Å². The van der Waals surface area contributed by atoms with E-state index in [4.69, 9.17) is 9.47 Å². The second-order valence-corrected chi connectivity index (χ2v) is 6.02. The van der Waals surface area contributed by atoms with Gasteiger partial charge >= 0.3 is 6.09 Å². The molecule has 5 N–H and O–H groups in total. The number of aromatic nitrogens is 4. The summed E-state index contributed by atoms with van der Waals surface area (Å²) in [5.74, 6) is -0.169. The van der Waals surface area contributed by atoms with Gasteiger partial charge in [-0.25, -0.2) is 19.7 Å². The topological polar surface area (TPSA) is 181 Å². The summed E-state index contributed by atoms with van der Waals surface area (Å²) in [6, 6.07) is 0. The second kappa shape index (κ2) is 8.43. The molecule has 0 saturated carbocycles. The maximum atomic E-state index is 11.2. The van der Waals surface area contributed by atoms with Crippen LogP contribution in [0.4, 0.5) is 10.6 Å². The fraction of sp³-hybridized carbons (Fsp3) is 0.533. The summed E-state index contributed by atoms with van der Waals surface area (Å²) in [6.07, 6.45) is -2.61. The molecule has 13 nitrogen and oxygen atoms in total. The number of fused-ring (bicyclic) bond motifs is 1. The van der Waals surface area contributed by atoms with Gasteiger partial charge in [-0.15, -0.1) is 0 Å². The largest absolute Gasteiger partial charge is 0.447 e. The smallest absolute Gasteiger partial charge is 0.413 e. The predicted molar refractivity (Wildman–Crippen MR) is 92.0 cm³/mol. The van der Waals surface area contributed by atoms with Gasteiger partial charge in [-0.1, -0.05) is 0 Å². The van der Waals surface area contributed by atoms with Gasteiger partial charge < -0.3 is 30.1 Å². The van der Waals surface area contributed by atoms with Crippen LogP contribution in [0.1, 0.15) is 13.2 Å². The molecule has 28 heavy (non-hydrogen) atoms. The van der Waals surface area contributed by atoms with Crippen LogP contribution in [0.25, 0.3) is 11.2 Å². The van der Waals surface area contributed by atoms with E-state index in [2.05, 4.69) is 20.3 Å². The molecular weight excluding hydrogens is 376 g/mol. The minimum absolute atomic E-state index is 0.0276. The highest BCUT2D eigenvalue weighted by molar-refractivity contribution is 5.90. The van der Waals surface area contributed by atoms with Crippen LogP contribution in [-0.2, 0) is 14.3 Å². The summed E-state index contributed by atoms with van der Waals surface area (Å²) in [5.41, 5.74) is 0.705. The SMILES string of the molecule is CC(=O)NC(=O)OCCNc1ncnc2c1ncn2C1OC(CO)C(O)C1O. The number of hydrogen-bond donors (Lipinski definition) is 5. The third kappa shape index (κ3) is 4.01. The summed E-state index contributed by atoms with van der Waals surface area (Å²) in [5, 5.41) is 34.2. The number of nitrogens with zero attached hydrogens (tertiary/aromatic N) is 4. The molecule has 2 aromatic heterocycles. The molecule has 1 saturated heterocycles. The highest BCUT2D eigenvalue weighted by atomic mass is 16.6. The van der Waals surface area contributed by atoms with Crippen molar-refractivity contribution in [3.8, 4) is 0 Å². The lowest BCUT2D eigenvalue weighted by Gasteiger charge is -2.16. The molecule has 2 amide bonds. The molecule has 13 heteroatoms. The number of hydrogen-bond acceptors (Lipinski definition) is 11. The van der Waals surface area contributed by atoms with Crippen molar-refractivity contribution in [1.82, 2.24) is 24.8 Å². The Hall–Kier alpha value is -2.87. The van der Waals surface area contributed by atoms with Gasteiger partial charge in [0.1, 0.15) is 31.2 Å². The average molecular weight is 396 g/mol. The van der Waals surface area contributed by atoms with E-state index in [1.165, 1.54) is 24.1 Å². The summed E-state index contributed by atoms with van der Waals surface area (Å²) in [6.45, 7) is 0.916. The Morgan fingerprint density at radius 3 is 2.75 bits per heavy atom. The Bertz CT molecular complexity index is 859. The molecule has 3 rings (SSSR count). The van der Waals surface area contributed by atoms with E-state index in [-0.39, 0.29) is 13.2 Å². The summed E-state index contributed by atoms with van der Waals surface area (Å²) >= 11 is 0. The Morgan fingerprint density at radius 2 is 2.07 bits per heavy atom. The number of ether oxygens (including phenoxy) is 2. The number of aliphatic hydroxyl groups excluding tert-OH is 3. The van der Waals surface area contributed by atoms with Gasteiger partial charge in [-0.2, -0.15) is 0 Å². The highest BCUT2D eigenvalue weighted by Crippen LogP contribution is 2.31. The maximum Gasteiger partial charge on any atom is 0.413 e. The molecule has 0 aliphatic carbocycles. The van der Waals surface area contributed by atoms with Crippen molar-refractivity contribution < 1.29 is 34.4 Å². The monoisotopic (exact) mass is 396 g/mol. The third-order valence-corrected chi connectivity index (χ3v) is 4.06. The molecule has 0 radical (unpaired) electrons. The molecule has 1 aliphatic rings. The lowest BCUT2D eigenvalue weighted by Crippen LogP contribution is -2.33. The Labute approximate surface area is 158 Å². The van der Waals surface area contributed by atoms with Crippen molar-refractivity contribution in [1.29, 1.82) is 0 Å². The molecule has 1 aliphatic heterocycles. The van der Waals surface area contributed by atoms with Gasteiger partial charge in [0.05, 0.1) is 19.5 Å². The minimum atomic E-state index is -1.27. The lowest BCUT2D eigenvalue weighted by molar-refractivity contribution is -0.118. The number of imide groups is 1. The van der Waals surface area contributed by atoms with Crippen molar-refractivity contribution >= 4 is 29.0 Å². The van der Waals surface area contributed by atoms with Gasteiger partial charge in [0.25, 0.3) is 0 Å². The van der Waals surface area contributed by atoms with Crippen molar-refractivity contribution in [3.63, 3.8) is 0 Å². The van der Waals surface area contributed by atoms with Crippen LogP contribution in [0, 0.1) is 0 Å². The Balaban J connectivity index is 1.68. The van der Waals surface area contributed by atoms with Crippen LogP contribution in [0.3, 0.4) is 0 Å². The molecule has 4 unspecified atom stereocenters. The lowest BCUT2D eigenvalue weighted by atomic mass is 10.1. The number of carbonyl (C=O) groups is 2. The molecule has 152 valence electrons. The van der Waals surface area contributed by atoms with Gasteiger partial charge in [0.15, 0.2) is 23.2 Å². The first-order chi connectivity index (χ1) is 13.4. The summed E-state index contributed by atoms with van der Waals surface area (Å²) < 4.78 is 11.7.